The van der Waals surface area contributed by atoms with E-state index in [1.54, 1.807) is 13.2 Å². The summed E-state index contributed by atoms with van der Waals surface area (Å²) < 4.78 is 10.9. The second-order valence-corrected chi connectivity index (χ2v) is 4.33. The highest BCUT2D eigenvalue weighted by molar-refractivity contribution is 5.81. The zero-order valence-corrected chi connectivity index (χ0v) is 10.9. The average molecular weight is 236 g/mol. The molecule has 1 aromatic carbocycles. The third-order valence-electron chi connectivity index (χ3n) is 2.47. The van der Waals surface area contributed by atoms with Crippen molar-refractivity contribution in [3.8, 4) is 11.5 Å². The van der Waals surface area contributed by atoms with Crippen LogP contribution in [0.4, 0.5) is 0 Å². The normalized spacial score (nSPS) is 10.4. The molecule has 3 nitrogen and oxygen atoms in total. The number of rotatable bonds is 6. The summed E-state index contributed by atoms with van der Waals surface area (Å²) >= 11 is 0. The highest BCUT2D eigenvalue weighted by Crippen LogP contribution is 2.35. The van der Waals surface area contributed by atoms with E-state index in [9.17, 15) is 4.79 Å². The Hall–Kier alpha value is -1.51. The van der Waals surface area contributed by atoms with E-state index in [1.165, 1.54) is 0 Å². The van der Waals surface area contributed by atoms with Crippen LogP contribution in [0.25, 0.3) is 0 Å². The van der Waals surface area contributed by atoms with Crippen molar-refractivity contribution in [2.45, 2.75) is 27.2 Å². The Labute approximate surface area is 103 Å². The predicted molar refractivity (Wildman–Crippen MR) is 68.1 cm³/mol. The Morgan fingerprint density at radius 1 is 1.29 bits per heavy atom. The van der Waals surface area contributed by atoms with Crippen LogP contribution >= 0.6 is 0 Å². The highest BCUT2D eigenvalue weighted by Gasteiger charge is 2.15. The van der Waals surface area contributed by atoms with Crippen LogP contribution in [0.15, 0.2) is 12.1 Å². The minimum Gasteiger partial charge on any atom is -0.492 e. The molecule has 0 amide bonds. The summed E-state index contributed by atoms with van der Waals surface area (Å²) in [6.07, 6.45) is 1.70. The zero-order valence-electron chi connectivity index (χ0n) is 10.9. The molecule has 0 bridgehead atoms. The molecule has 1 rings (SSSR count). The maximum Gasteiger partial charge on any atom is 0.171 e. The molecule has 0 atom stereocenters. The summed E-state index contributed by atoms with van der Waals surface area (Å²) in [4.78, 5) is 10.9. The fourth-order valence-electron chi connectivity index (χ4n) is 1.83. The van der Waals surface area contributed by atoms with E-state index in [-0.39, 0.29) is 0 Å². The second-order valence-electron chi connectivity index (χ2n) is 4.33. The number of ether oxygens (including phenoxy) is 2. The molecule has 0 radical (unpaired) electrons. The van der Waals surface area contributed by atoms with E-state index in [4.69, 9.17) is 9.47 Å². The monoisotopic (exact) mass is 236 g/mol. The van der Waals surface area contributed by atoms with Crippen molar-refractivity contribution in [1.82, 2.24) is 0 Å². The van der Waals surface area contributed by atoms with Crippen LogP contribution in [-0.2, 0) is 6.42 Å². The number of benzene rings is 1. The maximum atomic E-state index is 10.9. The Kier molecular flexibility index (Phi) is 5.01. The molecule has 0 N–H and O–H groups in total. The van der Waals surface area contributed by atoms with E-state index in [0.717, 1.165) is 18.3 Å². The van der Waals surface area contributed by atoms with Crippen LogP contribution in [-0.4, -0.2) is 20.0 Å². The van der Waals surface area contributed by atoms with Crippen molar-refractivity contribution in [3.05, 3.63) is 23.3 Å². The van der Waals surface area contributed by atoms with Gasteiger partial charge < -0.3 is 9.47 Å². The fourth-order valence-corrected chi connectivity index (χ4v) is 1.83. The molecule has 0 heterocycles. The first-order chi connectivity index (χ1) is 8.13. The Bertz CT molecular complexity index is 383. The summed E-state index contributed by atoms with van der Waals surface area (Å²) in [5, 5.41) is 0. The van der Waals surface area contributed by atoms with E-state index in [0.29, 0.717) is 29.6 Å². The Morgan fingerprint density at radius 3 is 2.47 bits per heavy atom. The largest absolute Gasteiger partial charge is 0.492 e. The molecule has 0 saturated heterocycles. The average Bonchev–Trinajstić information content (AvgIpc) is 2.30. The van der Waals surface area contributed by atoms with Crippen molar-refractivity contribution >= 4 is 6.29 Å². The predicted octanol–water partition coefficient (Wildman–Crippen LogP) is 3.10. The van der Waals surface area contributed by atoms with Gasteiger partial charge in [0.2, 0.25) is 0 Å². The summed E-state index contributed by atoms with van der Waals surface area (Å²) in [7, 11) is 1.56. The van der Waals surface area contributed by atoms with Gasteiger partial charge in [0.25, 0.3) is 0 Å². The summed E-state index contributed by atoms with van der Waals surface area (Å²) in [6.45, 7) is 6.78. The van der Waals surface area contributed by atoms with Gasteiger partial charge in [-0.05, 0) is 30.9 Å². The Morgan fingerprint density at radius 2 is 2.00 bits per heavy atom. The molecule has 0 saturated carbocycles. The van der Waals surface area contributed by atoms with Gasteiger partial charge in [-0.25, -0.2) is 0 Å². The van der Waals surface area contributed by atoms with E-state index < -0.39 is 0 Å². The lowest BCUT2D eigenvalue weighted by Gasteiger charge is -2.16. The molecule has 17 heavy (non-hydrogen) atoms. The molecule has 0 aliphatic rings. The lowest BCUT2D eigenvalue weighted by molar-refractivity contribution is 0.111. The molecular weight excluding hydrogens is 216 g/mol. The topological polar surface area (TPSA) is 35.5 Å². The van der Waals surface area contributed by atoms with Crippen LogP contribution in [0.2, 0.25) is 0 Å². The summed E-state index contributed by atoms with van der Waals surface area (Å²) in [6, 6.07) is 3.73. The summed E-state index contributed by atoms with van der Waals surface area (Å²) in [5.41, 5.74) is 1.62. The first-order valence-corrected chi connectivity index (χ1v) is 5.91. The lowest BCUT2D eigenvalue weighted by Crippen LogP contribution is -2.04. The molecule has 0 spiro atoms. The standard InChI is InChI=1S/C14H20O3/c1-5-17-14-11(8-10(2)3)6-7-12(9-15)13(14)16-4/h6-7,9-10H,5,8H2,1-4H3. The SMILES string of the molecule is CCOc1c(CC(C)C)ccc(C=O)c1OC. The van der Waals surface area contributed by atoms with E-state index in [1.807, 2.05) is 13.0 Å². The van der Waals surface area contributed by atoms with Crippen LogP contribution < -0.4 is 9.47 Å². The molecule has 3 heteroatoms. The molecule has 0 aliphatic heterocycles. The number of methoxy groups -OCH3 is 1. The summed E-state index contributed by atoms with van der Waals surface area (Å²) in [5.74, 6) is 1.77. The van der Waals surface area contributed by atoms with Gasteiger partial charge in [-0.1, -0.05) is 19.9 Å². The first kappa shape index (κ1) is 13.6. The van der Waals surface area contributed by atoms with Crippen molar-refractivity contribution < 1.29 is 14.3 Å². The zero-order chi connectivity index (χ0) is 12.8. The molecule has 0 aromatic heterocycles. The third kappa shape index (κ3) is 3.22. The van der Waals surface area contributed by atoms with Crippen molar-refractivity contribution in [1.29, 1.82) is 0 Å². The Balaban J connectivity index is 3.25. The van der Waals surface area contributed by atoms with E-state index in [2.05, 4.69) is 13.8 Å². The van der Waals surface area contributed by atoms with Gasteiger partial charge in [-0.2, -0.15) is 0 Å². The molecule has 94 valence electrons. The highest BCUT2D eigenvalue weighted by atomic mass is 16.5. The minimum atomic E-state index is 0.529. The van der Waals surface area contributed by atoms with Gasteiger partial charge in [-0.15, -0.1) is 0 Å². The van der Waals surface area contributed by atoms with E-state index >= 15 is 0 Å². The van der Waals surface area contributed by atoms with Gasteiger partial charge in [0.15, 0.2) is 17.8 Å². The van der Waals surface area contributed by atoms with Crippen LogP contribution in [0.3, 0.4) is 0 Å². The fraction of sp³-hybridized carbons (Fsp3) is 0.500. The number of aldehydes is 1. The van der Waals surface area contributed by atoms with Crippen LogP contribution in [0.5, 0.6) is 11.5 Å². The second kappa shape index (κ2) is 6.28. The maximum absolute atomic E-state index is 10.9. The van der Waals surface area contributed by atoms with Gasteiger partial charge in [-0.3, -0.25) is 4.79 Å². The molecular formula is C14H20O3. The minimum absolute atomic E-state index is 0.529. The number of hydrogen-bond donors (Lipinski definition) is 0. The van der Waals surface area contributed by atoms with Gasteiger partial charge in [0.1, 0.15) is 0 Å². The number of hydrogen-bond acceptors (Lipinski definition) is 3. The molecule has 1 aromatic rings. The number of carbonyl (C=O) groups is 1. The molecule has 0 aliphatic carbocycles. The van der Waals surface area contributed by atoms with Crippen LogP contribution in [0, 0.1) is 5.92 Å². The third-order valence-corrected chi connectivity index (χ3v) is 2.47. The van der Waals surface area contributed by atoms with Crippen molar-refractivity contribution in [3.63, 3.8) is 0 Å². The first-order valence-electron chi connectivity index (χ1n) is 5.91. The van der Waals surface area contributed by atoms with Gasteiger partial charge in [0.05, 0.1) is 19.3 Å². The van der Waals surface area contributed by atoms with Crippen molar-refractivity contribution in [2.75, 3.05) is 13.7 Å². The van der Waals surface area contributed by atoms with Gasteiger partial charge in [0, 0.05) is 0 Å². The smallest absolute Gasteiger partial charge is 0.171 e. The molecule has 0 fully saturated rings. The lowest BCUT2D eigenvalue weighted by atomic mass is 10.00. The van der Waals surface area contributed by atoms with Gasteiger partial charge >= 0.3 is 0 Å². The van der Waals surface area contributed by atoms with Crippen molar-refractivity contribution in [2.24, 2.45) is 5.92 Å². The quantitative estimate of drug-likeness (QED) is 0.712. The van der Waals surface area contributed by atoms with Crippen LogP contribution in [0.1, 0.15) is 36.7 Å². The molecule has 0 unspecified atom stereocenters. The number of carbonyl (C=O) groups excluding carboxylic acids is 1.